The fraction of sp³-hybridized carbons (Fsp3) is 0.786. The van der Waals surface area contributed by atoms with E-state index in [1.165, 1.54) is 89.5 Å². The standard InChI is InChI=1S/C28H50O4S/c1-5-8-10-12-14-16-18-20-25-22-23-26(21-19-17-15-13-11-9-6-2)27(24-25)32-28(4,7-3)33(29,30)31/h22-24H,5-21H2,1-4H3,(H,29,30,31). The predicted molar refractivity (Wildman–Crippen MR) is 141 cm³/mol. The van der Waals surface area contributed by atoms with Crippen molar-refractivity contribution in [2.24, 2.45) is 0 Å². The first-order valence-corrected chi connectivity index (χ1v) is 15.0. The highest BCUT2D eigenvalue weighted by molar-refractivity contribution is 7.87. The molecule has 1 N–H and O–H groups in total. The quantitative estimate of drug-likeness (QED) is 0.149. The summed E-state index contributed by atoms with van der Waals surface area (Å²) in [6.07, 6.45) is 19.5. The molecule has 192 valence electrons. The summed E-state index contributed by atoms with van der Waals surface area (Å²) in [6, 6.07) is 6.27. The van der Waals surface area contributed by atoms with Crippen LogP contribution in [-0.4, -0.2) is 17.9 Å². The third-order valence-corrected chi connectivity index (χ3v) is 8.23. The van der Waals surface area contributed by atoms with Gasteiger partial charge in [0.15, 0.2) is 0 Å². The van der Waals surface area contributed by atoms with Crippen molar-refractivity contribution in [2.75, 3.05) is 0 Å². The number of aryl methyl sites for hydroxylation is 2. The zero-order valence-corrected chi connectivity index (χ0v) is 22.6. The number of hydrogen-bond acceptors (Lipinski definition) is 3. The second-order valence-electron chi connectivity index (χ2n) is 9.75. The summed E-state index contributed by atoms with van der Waals surface area (Å²) >= 11 is 0. The predicted octanol–water partition coefficient (Wildman–Crippen LogP) is 8.67. The maximum Gasteiger partial charge on any atom is 0.306 e. The van der Waals surface area contributed by atoms with Gasteiger partial charge in [0.1, 0.15) is 5.75 Å². The molecule has 0 fully saturated rings. The average Bonchev–Trinajstić information content (AvgIpc) is 2.78. The van der Waals surface area contributed by atoms with E-state index >= 15 is 0 Å². The number of ether oxygens (including phenoxy) is 1. The lowest BCUT2D eigenvalue weighted by Gasteiger charge is -2.28. The Balaban J connectivity index is 2.77. The molecular formula is C28H50O4S. The third-order valence-electron chi connectivity index (χ3n) is 6.76. The van der Waals surface area contributed by atoms with Crippen molar-refractivity contribution in [3.63, 3.8) is 0 Å². The molecule has 4 nitrogen and oxygen atoms in total. The second kappa shape index (κ2) is 16.5. The average molecular weight is 483 g/mol. The molecule has 1 rings (SSSR count). The highest BCUT2D eigenvalue weighted by Crippen LogP contribution is 2.31. The van der Waals surface area contributed by atoms with Gasteiger partial charge in [0.2, 0.25) is 4.93 Å². The van der Waals surface area contributed by atoms with Gasteiger partial charge < -0.3 is 4.74 Å². The van der Waals surface area contributed by atoms with Crippen LogP contribution in [0.4, 0.5) is 0 Å². The lowest BCUT2D eigenvalue weighted by Crippen LogP contribution is -2.40. The molecule has 1 aromatic carbocycles. The molecule has 1 unspecified atom stereocenters. The van der Waals surface area contributed by atoms with Gasteiger partial charge in [0, 0.05) is 6.42 Å². The highest BCUT2D eigenvalue weighted by Gasteiger charge is 2.39. The summed E-state index contributed by atoms with van der Waals surface area (Å²) in [6.45, 7) is 7.66. The topological polar surface area (TPSA) is 63.6 Å². The number of benzene rings is 1. The molecule has 1 aromatic rings. The summed E-state index contributed by atoms with van der Waals surface area (Å²) in [5, 5.41) is 0. The maximum absolute atomic E-state index is 12.0. The Hall–Kier alpha value is -1.07. The monoisotopic (exact) mass is 482 g/mol. The molecule has 0 radical (unpaired) electrons. The highest BCUT2D eigenvalue weighted by atomic mass is 32.2. The van der Waals surface area contributed by atoms with Gasteiger partial charge in [-0.05, 0) is 49.8 Å². The van der Waals surface area contributed by atoms with E-state index in [1.807, 2.05) is 6.07 Å². The first-order chi connectivity index (χ1) is 15.8. The van der Waals surface area contributed by atoms with Gasteiger partial charge in [0.25, 0.3) is 0 Å². The van der Waals surface area contributed by atoms with Gasteiger partial charge in [-0.25, -0.2) is 0 Å². The van der Waals surface area contributed by atoms with Crippen LogP contribution in [0.1, 0.15) is 135 Å². The first-order valence-electron chi connectivity index (χ1n) is 13.5. The van der Waals surface area contributed by atoms with E-state index in [2.05, 4.69) is 26.0 Å². The molecule has 0 aliphatic carbocycles. The van der Waals surface area contributed by atoms with Crippen LogP contribution in [0.3, 0.4) is 0 Å². The number of unbranched alkanes of at least 4 members (excludes halogenated alkanes) is 12. The van der Waals surface area contributed by atoms with Crippen LogP contribution in [0.2, 0.25) is 0 Å². The smallest absolute Gasteiger partial charge is 0.306 e. The van der Waals surface area contributed by atoms with Gasteiger partial charge in [-0.15, -0.1) is 0 Å². The molecule has 1 atom stereocenters. The first kappa shape index (κ1) is 30.0. The largest absolute Gasteiger partial charge is 0.469 e. The summed E-state index contributed by atoms with van der Waals surface area (Å²) in [5.74, 6) is 0.614. The van der Waals surface area contributed by atoms with Gasteiger partial charge in [-0.1, -0.05) is 110 Å². The number of hydrogen-bond donors (Lipinski definition) is 1. The van der Waals surface area contributed by atoms with Crippen LogP contribution in [-0.2, 0) is 23.0 Å². The fourth-order valence-electron chi connectivity index (χ4n) is 4.15. The van der Waals surface area contributed by atoms with Gasteiger partial charge in [0.05, 0.1) is 0 Å². The Labute approximate surface area is 204 Å². The molecular weight excluding hydrogens is 432 g/mol. The summed E-state index contributed by atoms with van der Waals surface area (Å²) in [4.78, 5) is -1.63. The second-order valence-corrected chi connectivity index (χ2v) is 11.6. The van der Waals surface area contributed by atoms with Crippen molar-refractivity contribution < 1.29 is 17.7 Å². The van der Waals surface area contributed by atoms with Crippen LogP contribution in [0.5, 0.6) is 5.75 Å². The number of rotatable bonds is 20. The Kier molecular flexibility index (Phi) is 15.0. The van der Waals surface area contributed by atoms with Crippen molar-refractivity contribution in [1.82, 2.24) is 0 Å². The summed E-state index contributed by atoms with van der Waals surface area (Å²) < 4.78 is 39.9. The van der Waals surface area contributed by atoms with E-state index in [1.54, 1.807) is 6.92 Å². The lowest BCUT2D eigenvalue weighted by molar-refractivity contribution is 0.153. The minimum Gasteiger partial charge on any atom is -0.469 e. The van der Waals surface area contributed by atoms with E-state index in [4.69, 9.17) is 4.74 Å². The van der Waals surface area contributed by atoms with E-state index < -0.39 is 15.1 Å². The SMILES string of the molecule is CCCCCCCCCc1ccc(CCCCCCCCC)c(OC(C)(CC)S(=O)(=O)O)c1. The maximum atomic E-state index is 12.0. The molecule has 0 bridgehead atoms. The molecule has 0 aromatic heterocycles. The summed E-state index contributed by atoms with van der Waals surface area (Å²) in [5.41, 5.74) is 2.21. The minimum absolute atomic E-state index is 0.185. The molecule has 0 saturated carbocycles. The molecule has 0 aliphatic heterocycles. The Morgan fingerprint density at radius 2 is 1.24 bits per heavy atom. The zero-order chi connectivity index (χ0) is 24.6. The molecule has 0 saturated heterocycles. The Morgan fingerprint density at radius 3 is 1.73 bits per heavy atom. The molecule has 0 amide bonds. The minimum atomic E-state index is -4.33. The summed E-state index contributed by atoms with van der Waals surface area (Å²) in [7, 11) is -4.33. The molecule has 0 heterocycles. The van der Waals surface area contributed by atoms with Crippen LogP contribution in [0.25, 0.3) is 0 Å². The van der Waals surface area contributed by atoms with E-state index in [-0.39, 0.29) is 6.42 Å². The lowest BCUT2D eigenvalue weighted by atomic mass is 9.99. The van der Waals surface area contributed by atoms with Crippen molar-refractivity contribution in [3.05, 3.63) is 29.3 Å². The van der Waals surface area contributed by atoms with Crippen molar-refractivity contribution in [1.29, 1.82) is 0 Å². The fourth-order valence-corrected chi connectivity index (χ4v) is 4.71. The molecule has 0 spiro atoms. The zero-order valence-electron chi connectivity index (χ0n) is 21.8. The Bertz CT molecular complexity index is 744. The molecule has 0 aliphatic rings. The van der Waals surface area contributed by atoms with E-state index in [0.29, 0.717) is 5.75 Å². The van der Waals surface area contributed by atoms with Crippen LogP contribution in [0, 0.1) is 0 Å². The van der Waals surface area contributed by atoms with Crippen LogP contribution in [0.15, 0.2) is 18.2 Å². The van der Waals surface area contributed by atoms with Crippen molar-refractivity contribution in [2.45, 2.75) is 142 Å². The van der Waals surface area contributed by atoms with E-state index in [9.17, 15) is 13.0 Å². The molecule has 33 heavy (non-hydrogen) atoms. The molecule has 5 heteroatoms. The van der Waals surface area contributed by atoms with Gasteiger partial charge >= 0.3 is 10.1 Å². The van der Waals surface area contributed by atoms with Crippen LogP contribution < -0.4 is 4.74 Å². The van der Waals surface area contributed by atoms with Gasteiger partial charge in [-0.3, -0.25) is 4.55 Å². The Morgan fingerprint density at radius 1 is 0.758 bits per heavy atom. The van der Waals surface area contributed by atoms with E-state index in [0.717, 1.165) is 31.2 Å². The van der Waals surface area contributed by atoms with Crippen LogP contribution >= 0.6 is 0 Å². The van der Waals surface area contributed by atoms with Gasteiger partial charge in [-0.2, -0.15) is 8.42 Å². The normalized spacial score (nSPS) is 13.7. The third kappa shape index (κ3) is 11.8. The van der Waals surface area contributed by atoms with Crippen molar-refractivity contribution >= 4 is 10.1 Å². The van der Waals surface area contributed by atoms with Crippen molar-refractivity contribution in [3.8, 4) is 5.75 Å².